The molecule has 34 heavy (non-hydrogen) atoms. The van der Waals surface area contributed by atoms with Crippen LogP contribution in [0.4, 0.5) is 11.4 Å². The van der Waals surface area contributed by atoms with E-state index in [9.17, 15) is 24.5 Å². The summed E-state index contributed by atoms with van der Waals surface area (Å²) in [7, 11) is 0. The SMILES string of the molecule is CC(=O)N1CCN(c2ccc([N+](=O)[O-])c(C(=O)NCC(=O)NCc3ccc(Cl)c(Cl)c3)c2)CC1. The van der Waals surface area contributed by atoms with Crippen LogP contribution in [0.15, 0.2) is 36.4 Å². The summed E-state index contributed by atoms with van der Waals surface area (Å²) in [6.07, 6.45) is 0. The van der Waals surface area contributed by atoms with Crippen LogP contribution in [0.2, 0.25) is 10.0 Å². The molecule has 0 radical (unpaired) electrons. The molecule has 1 saturated heterocycles. The fourth-order valence-electron chi connectivity index (χ4n) is 3.51. The van der Waals surface area contributed by atoms with Crippen molar-refractivity contribution in [1.82, 2.24) is 15.5 Å². The van der Waals surface area contributed by atoms with Crippen molar-refractivity contribution in [3.05, 3.63) is 67.7 Å². The van der Waals surface area contributed by atoms with Gasteiger partial charge in [-0.3, -0.25) is 24.5 Å². The van der Waals surface area contributed by atoms with Crippen LogP contribution in [0.1, 0.15) is 22.8 Å². The molecule has 1 aliphatic rings. The molecule has 2 N–H and O–H groups in total. The molecule has 0 unspecified atom stereocenters. The minimum Gasteiger partial charge on any atom is -0.368 e. The Kier molecular flexibility index (Phi) is 8.30. The van der Waals surface area contributed by atoms with E-state index in [2.05, 4.69) is 10.6 Å². The number of amides is 3. The molecule has 3 rings (SSSR count). The minimum absolute atomic E-state index is 0.0131. The van der Waals surface area contributed by atoms with Gasteiger partial charge in [-0.25, -0.2) is 0 Å². The zero-order chi connectivity index (χ0) is 24.8. The Labute approximate surface area is 205 Å². The number of piperazine rings is 1. The molecular formula is C22H23Cl2N5O5. The van der Waals surface area contributed by atoms with Crippen molar-refractivity contribution in [2.24, 2.45) is 0 Å². The van der Waals surface area contributed by atoms with Crippen molar-refractivity contribution in [1.29, 1.82) is 0 Å². The molecule has 180 valence electrons. The summed E-state index contributed by atoms with van der Waals surface area (Å²) in [6.45, 7) is 3.43. The number of hydrogen-bond donors (Lipinski definition) is 2. The van der Waals surface area contributed by atoms with Gasteiger partial charge < -0.3 is 20.4 Å². The zero-order valence-corrected chi connectivity index (χ0v) is 19.9. The number of carbonyl (C=O) groups excluding carboxylic acids is 3. The van der Waals surface area contributed by atoms with Crippen molar-refractivity contribution < 1.29 is 19.3 Å². The third-order valence-electron chi connectivity index (χ3n) is 5.39. The number of anilines is 1. The Bertz CT molecular complexity index is 1120. The highest BCUT2D eigenvalue weighted by Gasteiger charge is 2.24. The third-order valence-corrected chi connectivity index (χ3v) is 6.13. The summed E-state index contributed by atoms with van der Waals surface area (Å²) in [5, 5.41) is 17.3. The molecule has 12 heteroatoms. The molecule has 0 aliphatic carbocycles. The van der Waals surface area contributed by atoms with Gasteiger partial charge in [0.15, 0.2) is 0 Å². The molecule has 10 nitrogen and oxygen atoms in total. The predicted octanol–water partition coefficient (Wildman–Crippen LogP) is 2.62. The van der Waals surface area contributed by atoms with Gasteiger partial charge >= 0.3 is 0 Å². The number of rotatable bonds is 7. The average Bonchev–Trinajstić information content (AvgIpc) is 2.82. The van der Waals surface area contributed by atoms with Crippen LogP contribution in [0.3, 0.4) is 0 Å². The predicted molar refractivity (Wildman–Crippen MR) is 128 cm³/mol. The number of carbonyl (C=O) groups is 3. The fraction of sp³-hybridized carbons (Fsp3) is 0.318. The molecular weight excluding hydrogens is 485 g/mol. The Hall–Kier alpha value is -3.37. The lowest BCUT2D eigenvalue weighted by Gasteiger charge is -2.35. The first-order chi connectivity index (χ1) is 16.2. The van der Waals surface area contributed by atoms with Gasteiger partial charge in [-0.2, -0.15) is 0 Å². The van der Waals surface area contributed by atoms with Crippen molar-refractivity contribution in [2.45, 2.75) is 13.5 Å². The number of nitro benzene ring substituents is 1. The van der Waals surface area contributed by atoms with E-state index >= 15 is 0 Å². The van der Waals surface area contributed by atoms with Crippen LogP contribution >= 0.6 is 23.2 Å². The maximum absolute atomic E-state index is 12.7. The van der Waals surface area contributed by atoms with Gasteiger partial charge in [-0.1, -0.05) is 29.3 Å². The van der Waals surface area contributed by atoms with E-state index in [1.807, 2.05) is 4.90 Å². The molecule has 2 aromatic rings. The molecule has 1 aliphatic heterocycles. The lowest BCUT2D eigenvalue weighted by Crippen LogP contribution is -2.48. The van der Waals surface area contributed by atoms with Crippen molar-refractivity contribution in [3.63, 3.8) is 0 Å². The summed E-state index contributed by atoms with van der Waals surface area (Å²) in [5.41, 5.74) is 0.846. The number of benzene rings is 2. The maximum atomic E-state index is 12.7. The first kappa shape index (κ1) is 25.3. The molecule has 2 aromatic carbocycles. The van der Waals surface area contributed by atoms with Crippen LogP contribution < -0.4 is 15.5 Å². The van der Waals surface area contributed by atoms with E-state index in [0.29, 0.717) is 41.9 Å². The number of halogens is 2. The van der Waals surface area contributed by atoms with Crippen molar-refractivity contribution in [2.75, 3.05) is 37.6 Å². The first-order valence-corrected chi connectivity index (χ1v) is 11.2. The molecule has 1 heterocycles. The normalized spacial score (nSPS) is 13.4. The quantitative estimate of drug-likeness (QED) is 0.438. The number of hydrogen-bond acceptors (Lipinski definition) is 6. The van der Waals surface area contributed by atoms with Crippen LogP contribution in [0.5, 0.6) is 0 Å². The molecule has 0 aromatic heterocycles. The van der Waals surface area contributed by atoms with Crippen molar-refractivity contribution in [3.8, 4) is 0 Å². The second kappa shape index (κ2) is 11.2. The van der Waals surface area contributed by atoms with Crippen molar-refractivity contribution >= 4 is 52.3 Å². The molecule has 1 fully saturated rings. The van der Waals surface area contributed by atoms with E-state index < -0.39 is 16.7 Å². The summed E-state index contributed by atoms with van der Waals surface area (Å²) in [6, 6.07) is 9.21. The molecule has 0 spiro atoms. The number of nitro groups is 1. The van der Waals surface area contributed by atoms with Gasteiger partial charge in [-0.15, -0.1) is 0 Å². The highest BCUT2D eigenvalue weighted by molar-refractivity contribution is 6.42. The molecule has 0 bridgehead atoms. The molecule has 0 saturated carbocycles. The molecule has 3 amide bonds. The fourth-order valence-corrected chi connectivity index (χ4v) is 3.83. The van der Waals surface area contributed by atoms with E-state index in [0.717, 1.165) is 5.56 Å². The highest BCUT2D eigenvalue weighted by atomic mass is 35.5. The summed E-state index contributed by atoms with van der Waals surface area (Å²) < 4.78 is 0. The van der Waals surface area contributed by atoms with Gasteiger partial charge in [-0.05, 0) is 29.8 Å². The van der Waals surface area contributed by atoms with Crippen LogP contribution in [-0.4, -0.2) is 60.3 Å². The lowest BCUT2D eigenvalue weighted by atomic mass is 10.1. The first-order valence-electron chi connectivity index (χ1n) is 10.4. The van der Waals surface area contributed by atoms with Gasteiger partial charge in [0.05, 0.1) is 21.5 Å². The Morgan fingerprint density at radius 1 is 1.00 bits per heavy atom. The van der Waals surface area contributed by atoms with Gasteiger partial charge in [0.1, 0.15) is 5.56 Å². The molecule has 0 atom stereocenters. The summed E-state index contributed by atoms with van der Waals surface area (Å²) in [5.74, 6) is -1.22. The summed E-state index contributed by atoms with van der Waals surface area (Å²) in [4.78, 5) is 50.9. The van der Waals surface area contributed by atoms with Crippen LogP contribution in [0.25, 0.3) is 0 Å². The topological polar surface area (TPSA) is 125 Å². The highest BCUT2D eigenvalue weighted by Crippen LogP contribution is 2.26. The number of nitrogens with one attached hydrogen (secondary N) is 2. The Balaban J connectivity index is 1.62. The second-order valence-electron chi connectivity index (χ2n) is 7.66. The number of nitrogens with zero attached hydrogens (tertiary/aromatic N) is 3. The monoisotopic (exact) mass is 507 g/mol. The van der Waals surface area contributed by atoms with E-state index in [1.165, 1.54) is 19.1 Å². The largest absolute Gasteiger partial charge is 0.368 e. The average molecular weight is 508 g/mol. The third kappa shape index (κ3) is 6.36. The van der Waals surface area contributed by atoms with E-state index in [1.54, 1.807) is 29.2 Å². The van der Waals surface area contributed by atoms with Gasteiger partial charge in [0.25, 0.3) is 11.6 Å². The zero-order valence-electron chi connectivity index (χ0n) is 18.3. The van der Waals surface area contributed by atoms with Crippen LogP contribution in [-0.2, 0) is 16.1 Å². The Morgan fingerprint density at radius 3 is 2.32 bits per heavy atom. The Morgan fingerprint density at radius 2 is 1.71 bits per heavy atom. The second-order valence-corrected chi connectivity index (χ2v) is 8.47. The standard InChI is InChI=1S/C22H23Cl2N5O5/c1-14(30)27-6-8-28(9-7-27)16-3-5-20(29(33)34)17(11-16)22(32)26-13-21(31)25-12-15-2-4-18(23)19(24)10-15/h2-5,10-11H,6-9,12-13H2,1H3,(H,25,31)(H,26,32). The van der Waals surface area contributed by atoms with E-state index in [4.69, 9.17) is 23.2 Å². The summed E-state index contributed by atoms with van der Waals surface area (Å²) >= 11 is 11.8. The maximum Gasteiger partial charge on any atom is 0.282 e. The smallest absolute Gasteiger partial charge is 0.282 e. The minimum atomic E-state index is -0.736. The van der Waals surface area contributed by atoms with Crippen LogP contribution in [0, 0.1) is 10.1 Å². The van der Waals surface area contributed by atoms with E-state index in [-0.39, 0.29) is 30.2 Å². The van der Waals surface area contributed by atoms with Gasteiger partial charge in [0, 0.05) is 51.4 Å². The van der Waals surface area contributed by atoms with Gasteiger partial charge in [0.2, 0.25) is 11.8 Å². The lowest BCUT2D eigenvalue weighted by molar-refractivity contribution is -0.385.